The van der Waals surface area contributed by atoms with E-state index >= 15 is 0 Å². The van der Waals surface area contributed by atoms with Crippen LogP contribution < -0.4 is 4.72 Å². The number of ether oxygens (including phenoxy) is 1. The predicted octanol–water partition coefficient (Wildman–Crippen LogP) is 4.78. The summed E-state index contributed by atoms with van der Waals surface area (Å²) in [5.74, 6) is -2.84. The molecule has 1 aliphatic heterocycles. The zero-order valence-electron chi connectivity index (χ0n) is 16.8. The van der Waals surface area contributed by atoms with E-state index in [2.05, 4.69) is 4.98 Å². The number of aromatic nitrogens is 1. The van der Waals surface area contributed by atoms with E-state index in [4.69, 9.17) is 16.3 Å². The molecule has 0 fully saturated rings. The van der Waals surface area contributed by atoms with Crippen LogP contribution in [-0.2, 0) is 27.4 Å². The van der Waals surface area contributed by atoms with Gasteiger partial charge >= 0.3 is 12.1 Å². The van der Waals surface area contributed by atoms with Crippen LogP contribution in [0, 0.1) is 5.95 Å². The molecule has 4 rings (SSSR count). The number of aromatic hydroxyl groups is 1. The number of hydrogen-bond donors (Lipinski definition) is 2. The van der Waals surface area contributed by atoms with Gasteiger partial charge in [-0.3, -0.25) is 4.72 Å². The molecule has 0 saturated carbocycles. The highest BCUT2D eigenvalue weighted by molar-refractivity contribution is 7.92. The van der Waals surface area contributed by atoms with E-state index in [0.29, 0.717) is 6.07 Å². The number of esters is 1. The van der Waals surface area contributed by atoms with Gasteiger partial charge in [-0.1, -0.05) is 17.7 Å². The molecule has 13 heteroatoms. The summed E-state index contributed by atoms with van der Waals surface area (Å²) in [7, 11) is -4.88. The van der Waals surface area contributed by atoms with Crippen molar-refractivity contribution in [1.29, 1.82) is 0 Å². The minimum Gasteiger partial charge on any atom is -0.505 e. The third-order valence-corrected chi connectivity index (χ3v) is 6.66. The van der Waals surface area contributed by atoms with Crippen LogP contribution in [0.4, 0.5) is 23.2 Å². The van der Waals surface area contributed by atoms with Gasteiger partial charge in [0.2, 0.25) is 5.95 Å². The first-order valence-corrected chi connectivity index (χ1v) is 11.3. The van der Waals surface area contributed by atoms with Crippen molar-refractivity contribution in [2.75, 3.05) is 11.3 Å². The summed E-state index contributed by atoms with van der Waals surface area (Å²) < 4.78 is 87.6. The number of sulfonamides is 1. The highest BCUT2D eigenvalue weighted by atomic mass is 35.5. The SMILES string of the molecule is O=C1OCCc2cc(F)ncc2-c2ccc(C(F)(F)F)c(c2)NS(=O)(=O)c2cc1cc(Cl)c2O. The second-order valence-corrected chi connectivity index (χ2v) is 9.28. The Hall–Kier alpha value is -3.38. The van der Waals surface area contributed by atoms with E-state index in [-0.39, 0.29) is 35.3 Å². The fraction of sp³-hybridized carbons (Fsp3) is 0.143. The van der Waals surface area contributed by atoms with Crippen molar-refractivity contribution in [3.05, 3.63) is 70.3 Å². The molecule has 0 radical (unpaired) electrons. The monoisotopic (exact) mass is 516 g/mol. The molecule has 2 aromatic carbocycles. The molecule has 0 amide bonds. The first-order chi connectivity index (χ1) is 15.9. The number of cyclic esters (lactones) is 1. The number of rotatable bonds is 0. The summed E-state index contributed by atoms with van der Waals surface area (Å²) in [6.07, 6.45) is -3.90. The average Bonchev–Trinajstić information content (AvgIpc) is 2.73. The summed E-state index contributed by atoms with van der Waals surface area (Å²) in [5.41, 5.74) is -1.99. The number of nitrogens with one attached hydrogen (secondary N) is 1. The average molecular weight is 517 g/mol. The van der Waals surface area contributed by atoms with E-state index in [1.54, 1.807) is 0 Å². The molecule has 0 aliphatic carbocycles. The molecule has 0 saturated heterocycles. The minimum atomic E-state index is -4.95. The molecular weight excluding hydrogens is 504 g/mol. The zero-order chi connectivity index (χ0) is 24.8. The van der Waals surface area contributed by atoms with Crippen LogP contribution in [-0.4, -0.2) is 31.1 Å². The lowest BCUT2D eigenvalue weighted by molar-refractivity contribution is -0.136. The number of benzene rings is 2. The van der Waals surface area contributed by atoms with Crippen molar-refractivity contribution in [3.63, 3.8) is 0 Å². The molecule has 2 heterocycles. The van der Waals surface area contributed by atoms with E-state index in [1.807, 2.05) is 4.72 Å². The Bertz CT molecular complexity index is 1430. The predicted molar refractivity (Wildman–Crippen MR) is 113 cm³/mol. The van der Waals surface area contributed by atoms with Crippen molar-refractivity contribution in [2.24, 2.45) is 0 Å². The van der Waals surface area contributed by atoms with Gasteiger partial charge in [-0.05, 0) is 41.5 Å². The molecular formula is C21H13ClF4N2O5S. The molecule has 7 nitrogen and oxygen atoms in total. The molecule has 1 aromatic heterocycles. The first kappa shape index (κ1) is 23.8. The lowest BCUT2D eigenvalue weighted by atomic mass is 9.98. The van der Waals surface area contributed by atoms with Crippen LogP contribution in [0.25, 0.3) is 11.1 Å². The van der Waals surface area contributed by atoms with E-state index in [9.17, 15) is 35.9 Å². The number of alkyl halides is 3. The van der Waals surface area contributed by atoms with Gasteiger partial charge in [0, 0.05) is 18.2 Å². The van der Waals surface area contributed by atoms with Gasteiger partial charge in [-0.15, -0.1) is 0 Å². The normalized spacial score (nSPS) is 15.5. The summed E-state index contributed by atoms with van der Waals surface area (Å²) in [6.45, 7) is -0.276. The number of nitrogens with zero attached hydrogens (tertiary/aromatic N) is 1. The van der Waals surface area contributed by atoms with Crippen LogP contribution in [0.2, 0.25) is 5.02 Å². The topological polar surface area (TPSA) is 106 Å². The Kier molecular flexibility index (Phi) is 5.90. The second-order valence-electron chi connectivity index (χ2n) is 7.22. The molecule has 1 aliphatic rings. The molecule has 0 unspecified atom stereocenters. The van der Waals surface area contributed by atoms with Crippen molar-refractivity contribution in [3.8, 4) is 16.9 Å². The van der Waals surface area contributed by atoms with Crippen molar-refractivity contribution >= 4 is 33.3 Å². The zero-order valence-corrected chi connectivity index (χ0v) is 18.4. The van der Waals surface area contributed by atoms with E-state index in [0.717, 1.165) is 36.5 Å². The lowest BCUT2D eigenvalue weighted by Crippen LogP contribution is -2.19. The largest absolute Gasteiger partial charge is 0.505 e. The van der Waals surface area contributed by atoms with Gasteiger partial charge in [0.05, 0.1) is 28.4 Å². The van der Waals surface area contributed by atoms with Gasteiger partial charge in [0.25, 0.3) is 10.0 Å². The number of carbonyl (C=O) groups excluding carboxylic acids is 1. The molecule has 3 aromatic rings. The number of phenolic OH excluding ortho intramolecular Hbond substituents is 1. The third-order valence-electron chi connectivity index (χ3n) is 4.99. The molecule has 4 bridgehead atoms. The molecule has 178 valence electrons. The summed E-state index contributed by atoms with van der Waals surface area (Å²) in [6, 6.07) is 5.36. The standard InChI is InChI=1S/C21H13ClF4N2O5S/c22-15-5-12-7-17(19(15)29)34(31,32)28-16-6-10(1-2-14(16)21(24,25)26)13-9-27-18(23)8-11(13)3-4-33-20(12)30/h1-2,5-9,28-29H,3-4H2. The van der Waals surface area contributed by atoms with Crippen molar-refractivity contribution in [2.45, 2.75) is 17.5 Å². The van der Waals surface area contributed by atoms with E-state index in [1.165, 1.54) is 0 Å². The Labute approximate surface area is 195 Å². The van der Waals surface area contributed by atoms with Gasteiger partial charge in [-0.25, -0.2) is 18.2 Å². The number of fused-ring (bicyclic) bond motifs is 6. The maximum Gasteiger partial charge on any atom is 0.418 e. The number of anilines is 1. The fourth-order valence-corrected chi connectivity index (χ4v) is 4.90. The Morgan fingerprint density at radius 2 is 1.85 bits per heavy atom. The van der Waals surface area contributed by atoms with Crippen LogP contribution in [0.1, 0.15) is 21.5 Å². The Morgan fingerprint density at radius 3 is 2.56 bits per heavy atom. The van der Waals surface area contributed by atoms with Crippen LogP contribution in [0.3, 0.4) is 0 Å². The van der Waals surface area contributed by atoms with Crippen LogP contribution in [0.15, 0.2) is 47.5 Å². The molecule has 0 atom stereocenters. The maximum absolute atomic E-state index is 13.8. The fourth-order valence-electron chi connectivity index (χ4n) is 3.41. The number of phenols is 1. The van der Waals surface area contributed by atoms with E-state index < -0.39 is 55.0 Å². The Balaban J connectivity index is 2.00. The highest BCUT2D eigenvalue weighted by Crippen LogP contribution is 2.40. The number of halogens is 5. The lowest BCUT2D eigenvalue weighted by Gasteiger charge is -2.19. The maximum atomic E-state index is 13.8. The quantitative estimate of drug-likeness (QED) is 0.253. The highest BCUT2D eigenvalue weighted by Gasteiger charge is 2.36. The third kappa shape index (κ3) is 4.50. The first-order valence-electron chi connectivity index (χ1n) is 9.45. The van der Waals surface area contributed by atoms with Crippen LogP contribution >= 0.6 is 11.6 Å². The van der Waals surface area contributed by atoms with Gasteiger partial charge in [0.15, 0.2) is 5.75 Å². The number of hydrogen-bond acceptors (Lipinski definition) is 6. The summed E-state index contributed by atoms with van der Waals surface area (Å²) in [4.78, 5) is 15.0. The second kappa shape index (κ2) is 8.44. The van der Waals surface area contributed by atoms with Gasteiger partial charge < -0.3 is 9.84 Å². The molecule has 0 spiro atoms. The molecule has 34 heavy (non-hydrogen) atoms. The van der Waals surface area contributed by atoms with Gasteiger partial charge in [0.1, 0.15) is 4.90 Å². The molecule has 2 N–H and O–H groups in total. The number of carbonyl (C=O) groups is 1. The van der Waals surface area contributed by atoms with Crippen LogP contribution in [0.5, 0.6) is 5.75 Å². The number of pyridine rings is 1. The minimum absolute atomic E-state index is 0.0265. The smallest absolute Gasteiger partial charge is 0.418 e. The van der Waals surface area contributed by atoms with Gasteiger partial charge in [-0.2, -0.15) is 17.6 Å². The van der Waals surface area contributed by atoms with Crippen molar-refractivity contribution in [1.82, 2.24) is 4.98 Å². The summed E-state index contributed by atoms with van der Waals surface area (Å²) in [5, 5.41) is 9.64. The Morgan fingerprint density at radius 1 is 1.12 bits per heavy atom. The van der Waals surface area contributed by atoms with Crippen molar-refractivity contribution < 1.29 is 40.6 Å². The summed E-state index contributed by atoms with van der Waals surface area (Å²) >= 11 is 5.85.